The van der Waals surface area contributed by atoms with Crippen LogP contribution in [0.25, 0.3) is 5.65 Å². The summed E-state index contributed by atoms with van der Waals surface area (Å²) in [5.74, 6) is -0.156. The van der Waals surface area contributed by atoms with Crippen molar-refractivity contribution in [3.8, 4) is 12.1 Å². The van der Waals surface area contributed by atoms with Crippen LogP contribution in [0.5, 0.6) is 0 Å². The van der Waals surface area contributed by atoms with Crippen LogP contribution in [0.3, 0.4) is 0 Å². The lowest BCUT2D eigenvalue weighted by atomic mass is 9.99. The van der Waals surface area contributed by atoms with Crippen molar-refractivity contribution in [2.45, 2.75) is 57.3 Å². The molecule has 3 heterocycles. The summed E-state index contributed by atoms with van der Waals surface area (Å²) in [6, 6.07) is 6.29. The zero-order valence-corrected chi connectivity index (χ0v) is 25.1. The molecule has 16 heteroatoms. The largest absolute Gasteiger partial charge is 0.457 e. The number of carbonyl (C=O) groups is 2. The van der Waals surface area contributed by atoms with Gasteiger partial charge < -0.3 is 36.1 Å². The van der Waals surface area contributed by atoms with Crippen LogP contribution in [-0.4, -0.2) is 76.1 Å². The summed E-state index contributed by atoms with van der Waals surface area (Å²) in [6.45, 7) is 4.18. The molecule has 44 heavy (non-hydrogen) atoms. The maximum absolute atomic E-state index is 12.8. The normalized spacial score (nSPS) is 18.7. The van der Waals surface area contributed by atoms with Gasteiger partial charge in [-0.3, -0.25) is 4.79 Å². The Kier molecular flexibility index (Phi) is 8.89. The lowest BCUT2D eigenvalue weighted by molar-refractivity contribution is -0.153. The molecule has 1 amide bonds. The Morgan fingerprint density at radius 2 is 1.98 bits per heavy atom. The molecule has 5 rings (SSSR count). The third-order valence-corrected chi connectivity index (χ3v) is 7.87. The van der Waals surface area contributed by atoms with Gasteiger partial charge in [0.25, 0.3) is 0 Å². The van der Waals surface area contributed by atoms with Gasteiger partial charge >= 0.3 is 12.1 Å². The summed E-state index contributed by atoms with van der Waals surface area (Å²) < 4.78 is 11.9. The predicted molar refractivity (Wildman–Crippen MR) is 160 cm³/mol. The molecule has 2 aromatic heterocycles. The Hall–Kier alpha value is -4.86. The average molecular weight is 622 g/mol. The number of nitrogens with two attached hydrogens (primary N) is 1. The van der Waals surface area contributed by atoms with E-state index in [2.05, 4.69) is 43.2 Å². The van der Waals surface area contributed by atoms with Gasteiger partial charge in [-0.25, -0.2) is 9.78 Å². The van der Waals surface area contributed by atoms with Crippen LogP contribution in [0.4, 0.5) is 27.9 Å². The first-order valence-corrected chi connectivity index (χ1v) is 14.5. The molecule has 230 valence electrons. The van der Waals surface area contributed by atoms with Crippen molar-refractivity contribution in [1.29, 1.82) is 10.5 Å². The number of rotatable bonds is 9. The van der Waals surface area contributed by atoms with Crippen LogP contribution < -0.4 is 26.6 Å². The number of halogens is 1. The van der Waals surface area contributed by atoms with Crippen LogP contribution in [0.2, 0.25) is 5.02 Å². The number of nitriles is 2. The molecule has 0 bridgehead atoms. The number of fused-ring (bicyclic) bond motifs is 1. The molecule has 3 unspecified atom stereocenters. The molecule has 5 N–H and O–H groups in total. The quantitative estimate of drug-likeness (QED) is 0.254. The minimum Gasteiger partial charge on any atom is -0.457 e. The lowest BCUT2D eigenvalue weighted by Crippen LogP contribution is -2.57. The number of hydrogen-bond acceptors (Lipinski definition) is 13. The number of anilines is 4. The van der Waals surface area contributed by atoms with E-state index < -0.39 is 30.3 Å². The van der Waals surface area contributed by atoms with Gasteiger partial charge in [0, 0.05) is 12.6 Å². The molecular weight excluding hydrogens is 590 g/mol. The van der Waals surface area contributed by atoms with Crippen LogP contribution >= 0.6 is 11.6 Å². The van der Waals surface area contributed by atoms with Gasteiger partial charge in [-0.15, -0.1) is 5.10 Å². The number of benzene rings is 1. The number of methoxy groups -OCH3 is 1. The van der Waals surface area contributed by atoms with Crippen LogP contribution in [0.15, 0.2) is 18.3 Å². The number of carbonyl (C=O) groups excluding carboxylic acids is 2. The molecular formula is C28H32ClN11O4. The number of alkyl carbamates (subject to hydrolysis) is 1. The van der Waals surface area contributed by atoms with E-state index >= 15 is 0 Å². The van der Waals surface area contributed by atoms with Gasteiger partial charge in [0.05, 0.1) is 53.9 Å². The van der Waals surface area contributed by atoms with Gasteiger partial charge in [0.15, 0.2) is 17.2 Å². The summed E-state index contributed by atoms with van der Waals surface area (Å²) in [5, 5.41) is 33.3. The number of nitrogens with zero attached hydrogens (tertiary/aromatic N) is 7. The zero-order valence-electron chi connectivity index (χ0n) is 24.4. The van der Waals surface area contributed by atoms with Gasteiger partial charge in [-0.1, -0.05) is 25.4 Å². The topological polar surface area (TPSA) is 209 Å². The SMILES string of the molecule is COC(=O)NC1CCN(c2cc(C#N)cc(Nc3nc(NC4CC4)c4ncc(C#N)n4n3)c2Cl)CC1OC(=O)C(N)C(C)C. The molecule has 1 saturated heterocycles. The van der Waals surface area contributed by atoms with E-state index in [1.807, 2.05) is 18.7 Å². The predicted octanol–water partition coefficient (Wildman–Crippen LogP) is 2.67. The Labute approximate surface area is 258 Å². The summed E-state index contributed by atoms with van der Waals surface area (Å²) >= 11 is 6.93. The molecule has 1 aliphatic heterocycles. The molecule has 2 fully saturated rings. The Bertz CT molecular complexity index is 1660. The minimum absolute atomic E-state index is 0.133. The average Bonchev–Trinajstić information content (AvgIpc) is 3.73. The van der Waals surface area contributed by atoms with E-state index in [1.54, 1.807) is 12.1 Å². The molecule has 1 saturated carbocycles. The lowest BCUT2D eigenvalue weighted by Gasteiger charge is -2.40. The number of hydrogen-bond donors (Lipinski definition) is 4. The second-order valence-electron chi connectivity index (χ2n) is 11.0. The standard InChI is InChI=1S/C28H32ClN11O4/c1-14(2)23(32)26(41)44-21-13-39(7-6-18(21)36-28(42)43-3)20-9-15(10-30)8-19(22(20)29)35-27-37-24(34-16-4-5-16)25-33-12-17(11-31)40(25)38-27/h8-9,12,14,16,18,21,23H,4-7,13,32H2,1-3H3,(H,36,42)(H2,34,35,37,38). The second-order valence-corrected chi connectivity index (χ2v) is 11.4. The summed E-state index contributed by atoms with van der Waals surface area (Å²) in [4.78, 5) is 35.6. The van der Waals surface area contributed by atoms with E-state index in [4.69, 9.17) is 26.8 Å². The first kappa shape index (κ1) is 30.6. The smallest absolute Gasteiger partial charge is 0.407 e. The molecule has 15 nitrogen and oxygen atoms in total. The molecule has 1 aromatic carbocycles. The van der Waals surface area contributed by atoms with Crippen molar-refractivity contribution in [2.75, 3.05) is 35.7 Å². The number of esters is 1. The van der Waals surface area contributed by atoms with Crippen LogP contribution in [-0.2, 0) is 14.3 Å². The first-order valence-electron chi connectivity index (χ1n) is 14.1. The van der Waals surface area contributed by atoms with Crippen molar-refractivity contribution >= 4 is 52.5 Å². The number of aromatic nitrogens is 4. The minimum atomic E-state index is -0.848. The third kappa shape index (κ3) is 6.54. The zero-order chi connectivity index (χ0) is 31.5. The fraction of sp³-hybridized carbons (Fsp3) is 0.464. The number of nitrogens with one attached hydrogen (secondary N) is 3. The van der Waals surface area contributed by atoms with Crippen molar-refractivity contribution < 1.29 is 19.1 Å². The molecule has 3 atom stereocenters. The molecule has 0 spiro atoms. The van der Waals surface area contributed by atoms with E-state index in [1.165, 1.54) is 17.8 Å². The third-order valence-electron chi connectivity index (χ3n) is 7.47. The summed E-state index contributed by atoms with van der Waals surface area (Å²) in [7, 11) is 1.25. The second kappa shape index (κ2) is 12.8. The highest BCUT2D eigenvalue weighted by atomic mass is 35.5. The van der Waals surface area contributed by atoms with E-state index in [-0.39, 0.29) is 35.2 Å². The van der Waals surface area contributed by atoms with E-state index in [0.29, 0.717) is 41.4 Å². The molecule has 0 radical (unpaired) electrons. The van der Waals surface area contributed by atoms with E-state index in [0.717, 1.165) is 12.8 Å². The Morgan fingerprint density at radius 1 is 1.20 bits per heavy atom. The molecule has 3 aromatic rings. The van der Waals surface area contributed by atoms with Gasteiger partial charge in [-0.05, 0) is 37.3 Å². The van der Waals surface area contributed by atoms with Crippen LogP contribution in [0.1, 0.15) is 44.4 Å². The first-order chi connectivity index (χ1) is 21.1. The fourth-order valence-electron chi connectivity index (χ4n) is 4.77. The maximum Gasteiger partial charge on any atom is 0.407 e. The molecule has 2 aliphatic rings. The summed E-state index contributed by atoms with van der Waals surface area (Å²) in [5.41, 5.74) is 7.82. The number of piperidine rings is 1. The highest BCUT2D eigenvalue weighted by Crippen LogP contribution is 2.38. The Balaban J connectivity index is 1.46. The monoisotopic (exact) mass is 621 g/mol. The highest BCUT2D eigenvalue weighted by molar-refractivity contribution is 6.36. The highest BCUT2D eigenvalue weighted by Gasteiger charge is 2.36. The van der Waals surface area contributed by atoms with Gasteiger partial charge in [0.2, 0.25) is 5.95 Å². The number of amides is 1. The Morgan fingerprint density at radius 3 is 2.64 bits per heavy atom. The van der Waals surface area contributed by atoms with Crippen molar-refractivity contribution in [1.82, 2.24) is 24.9 Å². The van der Waals surface area contributed by atoms with E-state index in [9.17, 15) is 20.1 Å². The fourth-order valence-corrected chi connectivity index (χ4v) is 5.05. The molecule has 1 aliphatic carbocycles. The van der Waals surface area contributed by atoms with Crippen molar-refractivity contribution in [3.05, 3.63) is 34.6 Å². The van der Waals surface area contributed by atoms with Gasteiger partial charge in [-0.2, -0.15) is 20.0 Å². The maximum atomic E-state index is 12.8. The summed E-state index contributed by atoms with van der Waals surface area (Å²) in [6.07, 6.45) is 2.35. The van der Waals surface area contributed by atoms with Gasteiger partial charge in [0.1, 0.15) is 18.2 Å². The number of ether oxygens (including phenoxy) is 2. The van der Waals surface area contributed by atoms with Crippen molar-refractivity contribution in [3.63, 3.8) is 0 Å². The van der Waals surface area contributed by atoms with Crippen LogP contribution in [0, 0.1) is 28.6 Å². The number of imidazole rings is 1. The van der Waals surface area contributed by atoms with Crippen molar-refractivity contribution in [2.24, 2.45) is 11.7 Å².